The minimum Gasteiger partial charge on any atom is -0.330 e. The number of rotatable bonds is 1. The summed E-state index contributed by atoms with van der Waals surface area (Å²) in [6.45, 7) is 2.78. The lowest BCUT2D eigenvalue weighted by Crippen LogP contribution is -2.17. The van der Waals surface area contributed by atoms with Crippen LogP contribution >= 0.6 is 11.8 Å². The molecule has 13 heavy (non-hydrogen) atoms. The molecule has 0 saturated carbocycles. The van der Waals surface area contributed by atoms with Gasteiger partial charge in [0.1, 0.15) is 5.82 Å². The Balaban J connectivity index is 2.42. The first-order chi connectivity index (χ1) is 6.22. The third-order valence-electron chi connectivity index (χ3n) is 2.51. The average molecular weight is 197 g/mol. The number of thioether (sulfide) groups is 1. The number of nitrogens with two attached hydrogens (primary N) is 1. The van der Waals surface area contributed by atoms with Gasteiger partial charge in [-0.05, 0) is 17.7 Å². The predicted octanol–water partition coefficient (Wildman–Crippen LogP) is 2.36. The van der Waals surface area contributed by atoms with Gasteiger partial charge in [0, 0.05) is 22.6 Å². The monoisotopic (exact) mass is 197 g/mol. The molecule has 70 valence electrons. The molecule has 0 aromatic heterocycles. The van der Waals surface area contributed by atoms with E-state index < -0.39 is 0 Å². The third kappa shape index (κ3) is 1.46. The van der Waals surface area contributed by atoms with E-state index in [0.29, 0.717) is 17.7 Å². The number of benzene rings is 1. The van der Waals surface area contributed by atoms with Crippen LogP contribution in [0.15, 0.2) is 23.1 Å². The number of fused-ring (bicyclic) bond motifs is 1. The van der Waals surface area contributed by atoms with Gasteiger partial charge in [-0.3, -0.25) is 0 Å². The summed E-state index contributed by atoms with van der Waals surface area (Å²) in [5.74, 6) is 0.233. The minimum atomic E-state index is -0.156. The van der Waals surface area contributed by atoms with Gasteiger partial charge < -0.3 is 5.73 Å². The van der Waals surface area contributed by atoms with E-state index in [2.05, 4.69) is 6.92 Å². The quantitative estimate of drug-likeness (QED) is 0.748. The van der Waals surface area contributed by atoms with Crippen LogP contribution in [-0.4, -0.2) is 11.8 Å². The Hall–Kier alpha value is -0.540. The molecule has 0 fully saturated rings. The largest absolute Gasteiger partial charge is 0.330 e. The highest BCUT2D eigenvalue weighted by Gasteiger charge is 2.28. The molecule has 3 heteroatoms. The fraction of sp³-hybridized carbons (Fsp3) is 0.400. The van der Waals surface area contributed by atoms with Crippen LogP contribution in [0.1, 0.15) is 18.4 Å². The lowest BCUT2D eigenvalue weighted by molar-refractivity contribution is 0.620. The van der Waals surface area contributed by atoms with Crippen LogP contribution in [0.2, 0.25) is 0 Å². The van der Waals surface area contributed by atoms with E-state index in [1.54, 1.807) is 17.8 Å². The Morgan fingerprint density at radius 2 is 2.31 bits per heavy atom. The molecule has 0 spiro atoms. The summed E-state index contributed by atoms with van der Waals surface area (Å²) in [5.41, 5.74) is 6.88. The van der Waals surface area contributed by atoms with Crippen molar-refractivity contribution in [1.29, 1.82) is 0 Å². The first kappa shape index (κ1) is 9.03. The molecule has 1 aliphatic heterocycles. The molecule has 2 rings (SSSR count). The summed E-state index contributed by atoms with van der Waals surface area (Å²) >= 11 is 1.72. The van der Waals surface area contributed by atoms with E-state index in [1.807, 2.05) is 6.07 Å². The highest BCUT2D eigenvalue weighted by Crippen LogP contribution is 2.44. The topological polar surface area (TPSA) is 26.0 Å². The van der Waals surface area contributed by atoms with Gasteiger partial charge in [0.2, 0.25) is 0 Å². The molecule has 1 heterocycles. The Morgan fingerprint density at radius 1 is 1.54 bits per heavy atom. The van der Waals surface area contributed by atoms with Crippen molar-refractivity contribution in [2.24, 2.45) is 5.73 Å². The Bertz CT molecular complexity index is 327. The van der Waals surface area contributed by atoms with Crippen LogP contribution in [-0.2, 0) is 0 Å². The molecule has 1 aliphatic rings. The van der Waals surface area contributed by atoms with E-state index in [0.717, 1.165) is 4.90 Å². The first-order valence-electron chi connectivity index (χ1n) is 4.38. The zero-order valence-electron chi connectivity index (χ0n) is 7.46. The molecule has 1 aromatic carbocycles. The normalized spacial score (nSPS) is 26.1. The lowest BCUT2D eigenvalue weighted by atomic mass is 9.97. The second-order valence-corrected chi connectivity index (χ2v) is 4.77. The molecule has 0 radical (unpaired) electrons. The van der Waals surface area contributed by atoms with Crippen molar-refractivity contribution in [1.82, 2.24) is 0 Å². The van der Waals surface area contributed by atoms with Crippen molar-refractivity contribution in [3.8, 4) is 0 Å². The van der Waals surface area contributed by atoms with Gasteiger partial charge in [-0.15, -0.1) is 11.8 Å². The molecule has 0 bridgehead atoms. The molecule has 1 aromatic rings. The van der Waals surface area contributed by atoms with Crippen molar-refractivity contribution in [3.63, 3.8) is 0 Å². The molecule has 0 amide bonds. The van der Waals surface area contributed by atoms with Crippen molar-refractivity contribution in [2.75, 3.05) is 6.54 Å². The second kappa shape index (κ2) is 3.31. The summed E-state index contributed by atoms with van der Waals surface area (Å²) in [6, 6.07) is 4.98. The molecular formula is C10H12FNS. The molecular weight excluding hydrogens is 185 g/mol. The van der Waals surface area contributed by atoms with Crippen molar-refractivity contribution < 1.29 is 4.39 Å². The van der Waals surface area contributed by atoms with E-state index in [-0.39, 0.29) is 5.82 Å². The van der Waals surface area contributed by atoms with Crippen molar-refractivity contribution in [3.05, 3.63) is 29.6 Å². The Kier molecular flexibility index (Phi) is 2.30. The molecule has 0 saturated heterocycles. The first-order valence-corrected chi connectivity index (χ1v) is 5.26. The SMILES string of the molecule is CC1Sc2cc(F)ccc2C1CN. The number of hydrogen-bond donors (Lipinski definition) is 1. The predicted molar refractivity (Wildman–Crippen MR) is 53.5 cm³/mol. The van der Waals surface area contributed by atoms with Gasteiger partial charge in [0.05, 0.1) is 0 Å². The third-order valence-corrected chi connectivity index (χ3v) is 3.82. The highest BCUT2D eigenvalue weighted by molar-refractivity contribution is 8.00. The minimum absolute atomic E-state index is 0.156. The standard InChI is InChI=1S/C10H12FNS/c1-6-9(5-12)8-3-2-7(11)4-10(8)13-6/h2-4,6,9H,5,12H2,1H3. The van der Waals surface area contributed by atoms with Gasteiger partial charge in [-0.1, -0.05) is 13.0 Å². The van der Waals surface area contributed by atoms with Crippen LogP contribution in [0.25, 0.3) is 0 Å². The van der Waals surface area contributed by atoms with Gasteiger partial charge >= 0.3 is 0 Å². The molecule has 1 nitrogen and oxygen atoms in total. The maximum absolute atomic E-state index is 12.9. The Labute approximate surface area is 81.5 Å². The maximum Gasteiger partial charge on any atom is 0.124 e. The number of hydrogen-bond acceptors (Lipinski definition) is 2. The van der Waals surface area contributed by atoms with Crippen LogP contribution in [0.3, 0.4) is 0 Å². The second-order valence-electron chi connectivity index (χ2n) is 3.35. The summed E-state index contributed by atoms with van der Waals surface area (Å²) < 4.78 is 12.9. The zero-order chi connectivity index (χ0) is 9.42. The van der Waals surface area contributed by atoms with Crippen LogP contribution < -0.4 is 5.73 Å². The lowest BCUT2D eigenvalue weighted by Gasteiger charge is -2.11. The fourth-order valence-electron chi connectivity index (χ4n) is 1.77. The fourth-order valence-corrected chi connectivity index (χ4v) is 3.13. The van der Waals surface area contributed by atoms with E-state index >= 15 is 0 Å². The van der Waals surface area contributed by atoms with Crippen LogP contribution in [0, 0.1) is 5.82 Å². The Morgan fingerprint density at radius 3 is 3.00 bits per heavy atom. The van der Waals surface area contributed by atoms with Gasteiger partial charge in [-0.25, -0.2) is 4.39 Å². The summed E-state index contributed by atoms with van der Waals surface area (Å²) in [4.78, 5) is 1.06. The molecule has 2 atom stereocenters. The van der Waals surface area contributed by atoms with Crippen LogP contribution in [0.5, 0.6) is 0 Å². The van der Waals surface area contributed by atoms with Crippen molar-refractivity contribution in [2.45, 2.75) is 23.0 Å². The maximum atomic E-state index is 12.9. The highest BCUT2D eigenvalue weighted by atomic mass is 32.2. The van der Waals surface area contributed by atoms with E-state index in [9.17, 15) is 4.39 Å². The van der Waals surface area contributed by atoms with E-state index in [4.69, 9.17) is 5.73 Å². The molecule has 2 N–H and O–H groups in total. The molecule has 2 unspecified atom stereocenters. The van der Waals surface area contributed by atoms with Gasteiger partial charge in [-0.2, -0.15) is 0 Å². The van der Waals surface area contributed by atoms with E-state index in [1.165, 1.54) is 11.6 Å². The van der Waals surface area contributed by atoms with Gasteiger partial charge in [0.25, 0.3) is 0 Å². The number of halogens is 1. The summed E-state index contributed by atoms with van der Waals surface area (Å²) in [7, 11) is 0. The van der Waals surface area contributed by atoms with Crippen molar-refractivity contribution >= 4 is 11.8 Å². The average Bonchev–Trinajstić information content (AvgIpc) is 2.39. The van der Waals surface area contributed by atoms with Gasteiger partial charge in [0.15, 0.2) is 0 Å². The molecule has 0 aliphatic carbocycles. The summed E-state index contributed by atoms with van der Waals surface area (Å²) in [5, 5.41) is 0.474. The van der Waals surface area contributed by atoms with Crippen LogP contribution in [0.4, 0.5) is 4.39 Å². The zero-order valence-corrected chi connectivity index (χ0v) is 8.27. The summed E-state index contributed by atoms with van der Waals surface area (Å²) in [6.07, 6.45) is 0. The smallest absolute Gasteiger partial charge is 0.124 e.